The van der Waals surface area contributed by atoms with Crippen molar-refractivity contribution in [2.75, 3.05) is 5.32 Å². The molecule has 4 aromatic rings. The van der Waals surface area contributed by atoms with E-state index in [1.165, 1.54) is 29.0 Å². The molecule has 0 saturated carbocycles. The van der Waals surface area contributed by atoms with Crippen molar-refractivity contribution in [3.8, 4) is 5.75 Å². The van der Waals surface area contributed by atoms with Gasteiger partial charge in [0.25, 0.3) is 5.91 Å². The number of hydrogen-bond acceptors (Lipinski definition) is 4. The normalized spacial score (nSPS) is 10.9. The highest BCUT2D eigenvalue weighted by Crippen LogP contribution is 2.25. The van der Waals surface area contributed by atoms with E-state index < -0.39 is 0 Å². The average Bonchev–Trinajstić information content (AvgIpc) is 3.39. The number of rotatable bonds is 7. The van der Waals surface area contributed by atoms with Gasteiger partial charge in [0.1, 0.15) is 18.2 Å². The van der Waals surface area contributed by atoms with Crippen LogP contribution in [0.3, 0.4) is 0 Å². The number of carbonyl (C=O) groups is 1. The van der Waals surface area contributed by atoms with Gasteiger partial charge in [0, 0.05) is 11.8 Å². The standard InChI is InChI=1S/C25H24FN3O2S/c1-16-7-17(2)18(3)23(8-16)31-14-20-10-24(32-15-20)25(30)28-22-11-27-29(13-22)12-19-5-4-6-21(26)9-19/h4-11,13,15H,12,14H2,1-3H3,(H,28,30). The summed E-state index contributed by atoms with van der Waals surface area (Å²) in [6.45, 7) is 6.99. The number of benzene rings is 2. The Morgan fingerprint density at radius 3 is 2.81 bits per heavy atom. The van der Waals surface area contributed by atoms with E-state index in [-0.39, 0.29) is 11.7 Å². The van der Waals surface area contributed by atoms with Crippen molar-refractivity contribution in [1.29, 1.82) is 0 Å². The molecule has 0 saturated heterocycles. The highest BCUT2D eigenvalue weighted by atomic mass is 32.1. The zero-order valence-corrected chi connectivity index (χ0v) is 19.0. The van der Waals surface area contributed by atoms with Crippen LogP contribution in [0.1, 0.15) is 37.5 Å². The Balaban J connectivity index is 1.36. The molecule has 32 heavy (non-hydrogen) atoms. The van der Waals surface area contributed by atoms with Crippen LogP contribution in [0.4, 0.5) is 10.1 Å². The molecule has 0 radical (unpaired) electrons. The molecule has 4 rings (SSSR count). The topological polar surface area (TPSA) is 56.1 Å². The van der Waals surface area contributed by atoms with Gasteiger partial charge in [-0.2, -0.15) is 5.10 Å². The van der Waals surface area contributed by atoms with Crippen molar-refractivity contribution in [3.63, 3.8) is 0 Å². The molecular weight excluding hydrogens is 425 g/mol. The molecule has 0 aliphatic heterocycles. The quantitative estimate of drug-likeness (QED) is 0.383. The minimum Gasteiger partial charge on any atom is -0.489 e. The molecule has 0 atom stereocenters. The smallest absolute Gasteiger partial charge is 0.265 e. The van der Waals surface area contributed by atoms with Crippen LogP contribution in [0.5, 0.6) is 5.75 Å². The molecule has 5 nitrogen and oxygen atoms in total. The number of ether oxygens (including phenoxy) is 1. The summed E-state index contributed by atoms with van der Waals surface area (Å²) in [4.78, 5) is 13.2. The van der Waals surface area contributed by atoms with Crippen LogP contribution in [0, 0.1) is 26.6 Å². The van der Waals surface area contributed by atoms with Gasteiger partial charge in [0.2, 0.25) is 0 Å². The summed E-state index contributed by atoms with van der Waals surface area (Å²) in [5.74, 6) is 0.382. The molecule has 1 amide bonds. The zero-order chi connectivity index (χ0) is 22.7. The second-order valence-electron chi connectivity index (χ2n) is 7.82. The Labute approximate surface area is 190 Å². The maximum atomic E-state index is 13.3. The molecule has 0 bridgehead atoms. The third-order valence-corrected chi connectivity index (χ3v) is 6.14. The summed E-state index contributed by atoms with van der Waals surface area (Å²) in [5, 5.41) is 9.03. The van der Waals surface area contributed by atoms with Gasteiger partial charge in [-0.25, -0.2) is 4.39 Å². The van der Waals surface area contributed by atoms with Gasteiger partial charge in [-0.1, -0.05) is 18.2 Å². The minimum atomic E-state index is -0.284. The Hall–Kier alpha value is -3.45. The molecule has 2 heterocycles. The second kappa shape index (κ2) is 9.36. The molecule has 7 heteroatoms. The lowest BCUT2D eigenvalue weighted by Gasteiger charge is -2.11. The first kappa shape index (κ1) is 21.8. The van der Waals surface area contributed by atoms with Crippen LogP contribution in [0.2, 0.25) is 0 Å². The maximum absolute atomic E-state index is 13.3. The van der Waals surface area contributed by atoms with E-state index in [0.29, 0.717) is 23.7 Å². The predicted molar refractivity (Wildman–Crippen MR) is 125 cm³/mol. The molecule has 0 aliphatic rings. The molecular formula is C25H24FN3O2S. The van der Waals surface area contributed by atoms with Gasteiger partial charge in [-0.05, 0) is 72.7 Å². The number of nitrogens with one attached hydrogen (secondary N) is 1. The number of thiophene rings is 1. The van der Waals surface area contributed by atoms with Crippen LogP contribution in [0.25, 0.3) is 0 Å². The number of carbonyl (C=O) groups excluding carboxylic acids is 1. The van der Waals surface area contributed by atoms with Crippen LogP contribution in [-0.4, -0.2) is 15.7 Å². The van der Waals surface area contributed by atoms with Crippen LogP contribution in [0.15, 0.2) is 60.2 Å². The lowest BCUT2D eigenvalue weighted by Crippen LogP contribution is -2.09. The minimum absolute atomic E-state index is 0.200. The number of aromatic nitrogens is 2. The Morgan fingerprint density at radius 2 is 2.00 bits per heavy atom. The maximum Gasteiger partial charge on any atom is 0.265 e. The van der Waals surface area contributed by atoms with E-state index in [0.717, 1.165) is 28.0 Å². The number of hydrogen-bond donors (Lipinski definition) is 1. The van der Waals surface area contributed by atoms with Crippen molar-refractivity contribution < 1.29 is 13.9 Å². The summed E-state index contributed by atoms with van der Waals surface area (Å²) >= 11 is 1.37. The van der Waals surface area contributed by atoms with E-state index in [1.807, 2.05) is 37.4 Å². The van der Waals surface area contributed by atoms with Gasteiger partial charge >= 0.3 is 0 Å². The van der Waals surface area contributed by atoms with Crippen molar-refractivity contribution >= 4 is 22.9 Å². The summed E-state index contributed by atoms with van der Waals surface area (Å²) in [6.07, 6.45) is 3.31. The van der Waals surface area contributed by atoms with E-state index in [1.54, 1.807) is 23.1 Å². The van der Waals surface area contributed by atoms with Crippen molar-refractivity contribution in [1.82, 2.24) is 9.78 Å². The first-order chi connectivity index (χ1) is 15.4. The first-order valence-corrected chi connectivity index (χ1v) is 11.1. The molecule has 2 aromatic carbocycles. The number of nitrogens with zero attached hydrogens (tertiary/aromatic N) is 2. The number of halogens is 1. The largest absolute Gasteiger partial charge is 0.489 e. The molecule has 0 fully saturated rings. The first-order valence-electron chi connectivity index (χ1n) is 10.2. The van der Waals surface area contributed by atoms with E-state index >= 15 is 0 Å². The fourth-order valence-electron chi connectivity index (χ4n) is 3.41. The zero-order valence-electron chi connectivity index (χ0n) is 18.2. The summed E-state index contributed by atoms with van der Waals surface area (Å²) in [5.41, 5.74) is 5.81. The molecule has 0 spiro atoms. The van der Waals surface area contributed by atoms with E-state index in [9.17, 15) is 9.18 Å². The summed E-state index contributed by atoms with van der Waals surface area (Å²) in [6, 6.07) is 12.4. The lowest BCUT2D eigenvalue weighted by atomic mass is 10.1. The van der Waals surface area contributed by atoms with Gasteiger partial charge in [-0.3, -0.25) is 9.48 Å². The highest BCUT2D eigenvalue weighted by Gasteiger charge is 2.12. The predicted octanol–water partition coefficient (Wildman–Crippen LogP) is 5.89. The number of aryl methyl sites for hydroxylation is 2. The monoisotopic (exact) mass is 449 g/mol. The fraction of sp³-hybridized carbons (Fsp3) is 0.200. The van der Waals surface area contributed by atoms with Crippen molar-refractivity contribution in [2.45, 2.75) is 33.9 Å². The van der Waals surface area contributed by atoms with Crippen LogP contribution >= 0.6 is 11.3 Å². The third kappa shape index (κ3) is 5.23. The summed E-state index contributed by atoms with van der Waals surface area (Å²) < 4.78 is 21.0. The fourth-order valence-corrected chi connectivity index (χ4v) is 4.20. The van der Waals surface area contributed by atoms with Gasteiger partial charge in [-0.15, -0.1) is 11.3 Å². The van der Waals surface area contributed by atoms with Gasteiger partial charge in [0.15, 0.2) is 0 Å². The Morgan fingerprint density at radius 1 is 1.16 bits per heavy atom. The Kier molecular flexibility index (Phi) is 6.37. The van der Waals surface area contributed by atoms with Crippen LogP contribution < -0.4 is 10.1 Å². The third-order valence-electron chi connectivity index (χ3n) is 5.16. The molecule has 0 aliphatic carbocycles. The number of amides is 1. The summed E-state index contributed by atoms with van der Waals surface area (Å²) in [7, 11) is 0. The van der Waals surface area contributed by atoms with Gasteiger partial charge < -0.3 is 10.1 Å². The average molecular weight is 450 g/mol. The second-order valence-corrected chi connectivity index (χ2v) is 8.73. The van der Waals surface area contributed by atoms with Crippen molar-refractivity contribution in [2.24, 2.45) is 0 Å². The van der Waals surface area contributed by atoms with Crippen LogP contribution in [-0.2, 0) is 13.2 Å². The molecule has 164 valence electrons. The molecule has 2 aromatic heterocycles. The van der Waals surface area contributed by atoms with Gasteiger partial charge in [0.05, 0.1) is 23.3 Å². The lowest BCUT2D eigenvalue weighted by molar-refractivity contribution is 0.103. The van der Waals surface area contributed by atoms with E-state index in [4.69, 9.17) is 4.74 Å². The van der Waals surface area contributed by atoms with E-state index in [2.05, 4.69) is 23.4 Å². The van der Waals surface area contributed by atoms with Crippen molar-refractivity contribution in [3.05, 3.63) is 98.7 Å². The SMILES string of the molecule is Cc1cc(C)c(C)c(OCc2csc(C(=O)Nc3cnn(Cc4cccc(F)c4)c3)c2)c1. The molecule has 1 N–H and O–H groups in total. The Bertz CT molecular complexity index is 1260. The highest BCUT2D eigenvalue weighted by molar-refractivity contribution is 7.12. The number of anilines is 1. The molecule has 0 unspecified atom stereocenters.